The molecule has 1 aliphatic carbocycles. The van der Waals surface area contributed by atoms with Gasteiger partial charge < -0.3 is 14.4 Å². The van der Waals surface area contributed by atoms with Gasteiger partial charge in [0.05, 0.1) is 20.8 Å². The lowest BCUT2D eigenvalue weighted by atomic mass is 9.65. The molecular weight excluding hydrogens is 525 g/mol. The summed E-state index contributed by atoms with van der Waals surface area (Å²) in [5, 5.41) is 2.82. The Labute approximate surface area is 241 Å². The van der Waals surface area contributed by atoms with E-state index in [4.69, 9.17) is 14.5 Å². The number of thiazole rings is 1. The number of carbonyl (C=O) groups excluding carboxylic acids is 1. The van der Waals surface area contributed by atoms with Crippen LogP contribution >= 0.6 is 11.3 Å². The summed E-state index contributed by atoms with van der Waals surface area (Å²) in [6.07, 6.45) is 4.08. The summed E-state index contributed by atoms with van der Waals surface area (Å²) in [6.45, 7) is 9.81. The van der Waals surface area contributed by atoms with E-state index in [-0.39, 0.29) is 22.6 Å². The molecule has 0 spiro atoms. The van der Waals surface area contributed by atoms with Gasteiger partial charge in [0.1, 0.15) is 16.5 Å². The van der Waals surface area contributed by atoms with Crippen molar-refractivity contribution in [3.8, 4) is 11.5 Å². The molecule has 0 N–H and O–H groups in total. The van der Waals surface area contributed by atoms with Gasteiger partial charge >= 0.3 is 0 Å². The number of fused-ring (bicyclic) bond motifs is 2. The largest absolute Gasteiger partial charge is 0.493 e. The summed E-state index contributed by atoms with van der Waals surface area (Å²) in [6, 6.07) is 12.9. The summed E-state index contributed by atoms with van der Waals surface area (Å²) >= 11 is 1.54. The molecule has 3 aromatic rings. The third-order valence-electron chi connectivity index (χ3n) is 8.29. The molecular formula is C32H40FN3O3S. The first kappa shape index (κ1) is 28.6. The van der Waals surface area contributed by atoms with Crippen LogP contribution in [0.5, 0.6) is 11.5 Å². The molecule has 40 heavy (non-hydrogen) atoms. The maximum atomic E-state index is 13.6. The zero-order valence-corrected chi connectivity index (χ0v) is 25.0. The predicted octanol–water partition coefficient (Wildman–Crippen LogP) is 6.59. The van der Waals surface area contributed by atoms with Crippen molar-refractivity contribution >= 4 is 17.2 Å². The summed E-state index contributed by atoms with van der Waals surface area (Å²) in [5.41, 5.74) is 3.16. The van der Waals surface area contributed by atoms with Crippen molar-refractivity contribution in [2.45, 2.75) is 65.6 Å². The lowest BCUT2D eigenvalue weighted by Gasteiger charge is -2.39. The molecule has 0 radical (unpaired) electrons. The minimum absolute atomic E-state index is 0.0596. The average Bonchev–Trinajstić information content (AvgIpc) is 3.48. The van der Waals surface area contributed by atoms with Gasteiger partial charge in [-0.1, -0.05) is 39.0 Å². The first-order valence-corrected chi connectivity index (χ1v) is 14.9. The fourth-order valence-corrected chi connectivity index (χ4v) is 7.71. The van der Waals surface area contributed by atoms with Crippen LogP contribution in [-0.2, 0) is 19.5 Å². The predicted molar refractivity (Wildman–Crippen MR) is 156 cm³/mol. The van der Waals surface area contributed by atoms with E-state index in [0.717, 1.165) is 54.9 Å². The second kappa shape index (κ2) is 11.5. The molecule has 1 aliphatic heterocycles. The Morgan fingerprint density at radius 2 is 1.77 bits per heavy atom. The second-order valence-electron chi connectivity index (χ2n) is 12.5. The van der Waals surface area contributed by atoms with Crippen molar-refractivity contribution in [1.29, 1.82) is 0 Å². The number of hydrogen-bond donors (Lipinski definition) is 0. The summed E-state index contributed by atoms with van der Waals surface area (Å²) in [4.78, 5) is 22.8. The van der Waals surface area contributed by atoms with Crippen LogP contribution in [-0.4, -0.2) is 54.0 Å². The van der Waals surface area contributed by atoms with E-state index >= 15 is 0 Å². The molecule has 214 valence electrons. The third kappa shape index (κ3) is 6.50. The maximum Gasteiger partial charge on any atom is 0.273 e. The highest BCUT2D eigenvalue weighted by molar-refractivity contribution is 7.09. The molecule has 2 fully saturated rings. The van der Waals surface area contributed by atoms with Crippen LogP contribution in [0.2, 0.25) is 0 Å². The lowest BCUT2D eigenvalue weighted by Crippen LogP contribution is -2.37. The highest BCUT2D eigenvalue weighted by Gasteiger charge is 2.51. The van der Waals surface area contributed by atoms with Crippen molar-refractivity contribution in [1.82, 2.24) is 14.8 Å². The zero-order valence-electron chi connectivity index (χ0n) is 24.2. The van der Waals surface area contributed by atoms with Gasteiger partial charge in [0.2, 0.25) is 0 Å². The molecule has 2 bridgehead atoms. The van der Waals surface area contributed by atoms with Crippen LogP contribution in [0.15, 0.2) is 47.8 Å². The minimum atomic E-state index is -0.243. The maximum absolute atomic E-state index is 13.6. The molecule has 8 heteroatoms. The molecule has 1 amide bonds. The average molecular weight is 566 g/mol. The number of aromatic nitrogens is 1. The van der Waals surface area contributed by atoms with Crippen LogP contribution in [0.1, 0.15) is 66.7 Å². The SMILES string of the molecule is COc1ccc(CCN(Cc2ccc(F)cc2)Cc2nc(C(=O)N3CC4(C)CC3CC(C)(C)C4)cs2)cc1OC. The fourth-order valence-electron chi connectivity index (χ4n) is 6.90. The van der Waals surface area contributed by atoms with E-state index in [9.17, 15) is 9.18 Å². The van der Waals surface area contributed by atoms with Crippen LogP contribution in [0.3, 0.4) is 0 Å². The molecule has 2 aromatic carbocycles. The van der Waals surface area contributed by atoms with Crippen LogP contribution < -0.4 is 9.47 Å². The Morgan fingerprint density at radius 3 is 2.50 bits per heavy atom. The standard InChI is InChI=1S/C32H40FN3O3S/c1-31(2)15-25-16-32(3,20-31)21-36(25)30(37)26-19-40-29(34-26)18-35(17-23-6-9-24(33)10-7-23)13-12-22-8-11-27(38-4)28(14-22)39-5/h6-11,14,19,25H,12-13,15-18,20-21H2,1-5H3. The first-order chi connectivity index (χ1) is 19.1. The lowest BCUT2D eigenvalue weighted by molar-refractivity contribution is 0.0702. The number of nitrogens with zero attached hydrogens (tertiary/aromatic N) is 3. The number of benzene rings is 2. The number of hydrogen-bond acceptors (Lipinski definition) is 6. The van der Waals surface area contributed by atoms with Crippen molar-refractivity contribution in [2.24, 2.45) is 10.8 Å². The highest BCUT2D eigenvalue weighted by Crippen LogP contribution is 2.52. The normalized spacial score (nSPS) is 21.6. The fraction of sp³-hybridized carbons (Fsp3) is 0.500. The minimum Gasteiger partial charge on any atom is -0.493 e. The first-order valence-electron chi connectivity index (χ1n) is 14.0. The van der Waals surface area contributed by atoms with Gasteiger partial charge in [0.25, 0.3) is 5.91 Å². The van der Waals surface area contributed by atoms with Crippen molar-refractivity contribution in [3.05, 3.63) is 75.5 Å². The smallest absolute Gasteiger partial charge is 0.273 e. The zero-order chi connectivity index (χ0) is 28.5. The number of carbonyl (C=O) groups is 1. The van der Waals surface area contributed by atoms with Gasteiger partial charge in [0.15, 0.2) is 11.5 Å². The number of likely N-dealkylation sites (tertiary alicyclic amines) is 1. The number of methoxy groups -OCH3 is 2. The molecule has 5 rings (SSSR count). The van der Waals surface area contributed by atoms with Gasteiger partial charge in [-0.25, -0.2) is 9.37 Å². The third-order valence-corrected chi connectivity index (χ3v) is 9.12. The Balaban J connectivity index is 1.29. The van der Waals surface area contributed by atoms with E-state index in [1.54, 1.807) is 14.2 Å². The Morgan fingerprint density at radius 1 is 1.05 bits per heavy atom. The van der Waals surface area contributed by atoms with E-state index in [1.807, 2.05) is 35.7 Å². The van der Waals surface area contributed by atoms with E-state index in [1.165, 1.54) is 23.5 Å². The molecule has 2 atom stereocenters. The van der Waals surface area contributed by atoms with Crippen LogP contribution in [0.4, 0.5) is 4.39 Å². The molecule has 2 unspecified atom stereocenters. The Hall–Kier alpha value is -2.97. The van der Waals surface area contributed by atoms with Gasteiger partial charge in [-0.3, -0.25) is 9.69 Å². The van der Waals surface area contributed by atoms with Crippen molar-refractivity contribution < 1.29 is 18.7 Å². The molecule has 2 heterocycles. The van der Waals surface area contributed by atoms with Crippen molar-refractivity contribution in [3.63, 3.8) is 0 Å². The van der Waals surface area contributed by atoms with E-state index in [2.05, 4.69) is 30.6 Å². The molecule has 2 aliphatic rings. The number of ether oxygens (including phenoxy) is 2. The number of amides is 1. The van der Waals surface area contributed by atoms with Gasteiger partial charge in [-0.15, -0.1) is 11.3 Å². The quantitative estimate of drug-likeness (QED) is 0.278. The topological polar surface area (TPSA) is 54.9 Å². The number of halogens is 1. The molecule has 1 aromatic heterocycles. The summed E-state index contributed by atoms with van der Waals surface area (Å²) in [5.74, 6) is 1.22. The monoisotopic (exact) mass is 565 g/mol. The van der Waals surface area contributed by atoms with Crippen LogP contribution in [0.25, 0.3) is 0 Å². The Kier molecular flexibility index (Phi) is 8.20. The summed E-state index contributed by atoms with van der Waals surface area (Å²) in [7, 11) is 3.27. The van der Waals surface area contributed by atoms with Crippen LogP contribution in [0, 0.1) is 16.6 Å². The van der Waals surface area contributed by atoms with E-state index in [0.29, 0.717) is 36.3 Å². The number of rotatable bonds is 10. The second-order valence-corrected chi connectivity index (χ2v) is 13.5. The van der Waals surface area contributed by atoms with Gasteiger partial charge in [0, 0.05) is 31.1 Å². The van der Waals surface area contributed by atoms with E-state index < -0.39 is 0 Å². The Bertz CT molecular complexity index is 1340. The summed E-state index contributed by atoms with van der Waals surface area (Å²) < 4.78 is 24.4. The van der Waals surface area contributed by atoms with Crippen molar-refractivity contribution in [2.75, 3.05) is 27.3 Å². The van der Waals surface area contributed by atoms with Gasteiger partial charge in [-0.2, -0.15) is 0 Å². The highest BCUT2D eigenvalue weighted by atomic mass is 32.1. The molecule has 1 saturated heterocycles. The van der Waals surface area contributed by atoms with Gasteiger partial charge in [-0.05, 0) is 71.9 Å². The molecule has 6 nitrogen and oxygen atoms in total. The molecule has 1 saturated carbocycles.